The highest BCUT2D eigenvalue weighted by Gasteiger charge is 2.33. The molecule has 3 heterocycles. The predicted octanol–water partition coefficient (Wildman–Crippen LogP) is 3.59. The van der Waals surface area contributed by atoms with E-state index < -0.39 is 5.82 Å². The Labute approximate surface area is 144 Å². The zero-order valence-electron chi connectivity index (χ0n) is 13.5. The molecule has 1 fully saturated rings. The number of hydrogen-bond donors (Lipinski definition) is 1. The number of benzene rings is 1. The Kier molecular flexibility index (Phi) is 4.01. The zero-order chi connectivity index (χ0) is 17.2. The molecule has 1 N–H and O–H groups in total. The van der Waals surface area contributed by atoms with Crippen LogP contribution in [-0.2, 0) is 0 Å². The van der Waals surface area contributed by atoms with E-state index in [1.807, 2.05) is 12.1 Å². The smallest absolute Gasteiger partial charge is 0.254 e. The third-order valence-electron chi connectivity index (χ3n) is 4.58. The number of aromatic nitrogens is 3. The van der Waals surface area contributed by atoms with Crippen LogP contribution in [0.4, 0.5) is 4.39 Å². The van der Waals surface area contributed by atoms with Gasteiger partial charge in [0.05, 0.1) is 17.9 Å². The Morgan fingerprint density at radius 1 is 1.24 bits per heavy atom. The molecule has 1 amide bonds. The van der Waals surface area contributed by atoms with Gasteiger partial charge in [0.2, 0.25) is 0 Å². The van der Waals surface area contributed by atoms with E-state index in [4.69, 9.17) is 0 Å². The summed E-state index contributed by atoms with van der Waals surface area (Å²) in [4.78, 5) is 18.7. The molecule has 2 aromatic heterocycles. The first-order valence-corrected chi connectivity index (χ1v) is 8.24. The van der Waals surface area contributed by atoms with Crippen molar-refractivity contribution in [1.29, 1.82) is 0 Å². The highest BCUT2D eigenvalue weighted by Crippen LogP contribution is 2.37. The van der Waals surface area contributed by atoms with Crippen molar-refractivity contribution >= 4 is 5.91 Å². The number of aromatic amines is 1. The topological polar surface area (TPSA) is 61.9 Å². The molecular weight excluding hydrogens is 319 g/mol. The van der Waals surface area contributed by atoms with Gasteiger partial charge < -0.3 is 4.90 Å². The minimum Gasteiger partial charge on any atom is -0.330 e. The van der Waals surface area contributed by atoms with Crippen molar-refractivity contribution in [3.63, 3.8) is 0 Å². The molecule has 1 aliphatic rings. The van der Waals surface area contributed by atoms with E-state index in [2.05, 4.69) is 15.2 Å². The van der Waals surface area contributed by atoms with Crippen LogP contribution >= 0.6 is 0 Å². The zero-order valence-corrected chi connectivity index (χ0v) is 13.5. The molecule has 6 heteroatoms. The molecule has 0 aliphatic carbocycles. The monoisotopic (exact) mass is 336 g/mol. The number of likely N-dealkylation sites (tertiary alicyclic amines) is 1. The van der Waals surface area contributed by atoms with E-state index in [0.29, 0.717) is 12.1 Å². The standard InChI is InChI=1S/C19H17FN4O/c20-15-4-1-3-14(11-15)19(25)24-10-2-5-17(24)18-16(12-22-23-18)13-6-8-21-9-7-13/h1,3-4,6-9,11-12,17H,2,5,10H2,(H,22,23)/t17-/m0/s1. The van der Waals surface area contributed by atoms with Crippen LogP contribution < -0.4 is 0 Å². The van der Waals surface area contributed by atoms with Crippen molar-refractivity contribution in [2.75, 3.05) is 6.54 Å². The van der Waals surface area contributed by atoms with Gasteiger partial charge in [-0.2, -0.15) is 5.10 Å². The average Bonchev–Trinajstić information content (AvgIpc) is 3.30. The molecule has 0 saturated carbocycles. The van der Waals surface area contributed by atoms with Crippen molar-refractivity contribution in [1.82, 2.24) is 20.1 Å². The number of carbonyl (C=O) groups excluding carboxylic acids is 1. The van der Waals surface area contributed by atoms with Crippen molar-refractivity contribution in [2.45, 2.75) is 18.9 Å². The van der Waals surface area contributed by atoms with Gasteiger partial charge >= 0.3 is 0 Å². The summed E-state index contributed by atoms with van der Waals surface area (Å²) in [5, 5.41) is 7.24. The van der Waals surface area contributed by atoms with E-state index >= 15 is 0 Å². The number of amides is 1. The summed E-state index contributed by atoms with van der Waals surface area (Å²) < 4.78 is 13.5. The van der Waals surface area contributed by atoms with Gasteiger partial charge in [0.25, 0.3) is 5.91 Å². The fourth-order valence-corrected chi connectivity index (χ4v) is 3.41. The van der Waals surface area contributed by atoms with Crippen LogP contribution in [0.5, 0.6) is 0 Å². The Bertz CT molecular complexity index is 893. The molecule has 126 valence electrons. The molecule has 5 nitrogen and oxygen atoms in total. The molecule has 0 bridgehead atoms. The maximum Gasteiger partial charge on any atom is 0.254 e. The summed E-state index contributed by atoms with van der Waals surface area (Å²) in [5.41, 5.74) is 3.25. The normalized spacial score (nSPS) is 17.0. The van der Waals surface area contributed by atoms with Crippen LogP contribution in [0, 0.1) is 5.82 Å². The third kappa shape index (κ3) is 2.91. The maximum atomic E-state index is 13.5. The minimum atomic E-state index is -0.402. The molecular formula is C19H17FN4O. The van der Waals surface area contributed by atoms with E-state index in [1.54, 1.807) is 35.6 Å². The van der Waals surface area contributed by atoms with Gasteiger partial charge in [-0.15, -0.1) is 0 Å². The molecule has 0 spiro atoms. The van der Waals surface area contributed by atoms with Crippen molar-refractivity contribution < 1.29 is 9.18 Å². The Hall–Kier alpha value is -3.02. The second kappa shape index (κ2) is 6.47. The first-order valence-electron chi connectivity index (χ1n) is 8.24. The van der Waals surface area contributed by atoms with Gasteiger partial charge in [0.15, 0.2) is 0 Å². The lowest BCUT2D eigenvalue weighted by atomic mass is 10.0. The Morgan fingerprint density at radius 3 is 2.88 bits per heavy atom. The van der Waals surface area contributed by atoms with Crippen molar-refractivity contribution in [2.24, 2.45) is 0 Å². The Morgan fingerprint density at radius 2 is 2.08 bits per heavy atom. The molecule has 1 atom stereocenters. The number of nitrogens with one attached hydrogen (secondary N) is 1. The van der Waals surface area contributed by atoms with E-state index in [-0.39, 0.29) is 11.9 Å². The molecule has 4 rings (SSSR count). The van der Waals surface area contributed by atoms with Gasteiger partial charge in [-0.1, -0.05) is 6.07 Å². The number of H-pyrrole nitrogens is 1. The van der Waals surface area contributed by atoms with Gasteiger partial charge in [-0.05, 0) is 48.7 Å². The number of carbonyl (C=O) groups is 1. The fraction of sp³-hybridized carbons (Fsp3) is 0.211. The maximum absolute atomic E-state index is 13.5. The number of hydrogen-bond acceptors (Lipinski definition) is 3. The highest BCUT2D eigenvalue weighted by molar-refractivity contribution is 5.94. The van der Waals surface area contributed by atoms with Crippen LogP contribution in [0.2, 0.25) is 0 Å². The number of halogens is 1. The SMILES string of the molecule is O=C(c1cccc(F)c1)N1CCC[C@H]1c1[nH]ncc1-c1ccncc1. The second-order valence-electron chi connectivity index (χ2n) is 6.10. The molecule has 0 radical (unpaired) electrons. The second-order valence-corrected chi connectivity index (χ2v) is 6.10. The summed E-state index contributed by atoms with van der Waals surface area (Å²) in [6, 6.07) is 9.58. The summed E-state index contributed by atoms with van der Waals surface area (Å²) in [5.74, 6) is -0.558. The van der Waals surface area contributed by atoms with Crippen LogP contribution in [0.3, 0.4) is 0 Å². The van der Waals surface area contributed by atoms with Crippen LogP contribution in [-0.4, -0.2) is 32.5 Å². The fourth-order valence-electron chi connectivity index (χ4n) is 3.41. The Balaban J connectivity index is 1.67. The summed E-state index contributed by atoms with van der Waals surface area (Å²) in [6.07, 6.45) is 6.99. The largest absolute Gasteiger partial charge is 0.330 e. The number of nitrogens with zero attached hydrogens (tertiary/aromatic N) is 3. The minimum absolute atomic E-state index is 0.0959. The quantitative estimate of drug-likeness (QED) is 0.795. The predicted molar refractivity (Wildman–Crippen MR) is 91.2 cm³/mol. The molecule has 0 unspecified atom stereocenters. The van der Waals surface area contributed by atoms with E-state index in [0.717, 1.165) is 29.7 Å². The van der Waals surface area contributed by atoms with Crippen molar-refractivity contribution in [3.8, 4) is 11.1 Å². The molecule has 3 aromatic rings. The summed E-state index contributed by atoms with van der Waals surface area (Å²) in [7, 11) is 0. The van der Waals surface area contributed by atoms with Gasteiger partial charge in [0.1, 0.15) is 5.82 Å². The highest BCUT2D eigenvalue weighted by atomic mass is 19.1. The van der Waals surface area contributed by atoms with Crippen LogP contribution in [0.15, 0.2) is 55.0 Å². The first-order chi connectivity index (χ1) is 12.2. The lowest BCUT2D eigenvalue weighted by Crippen LogP contribution is -2.31. The lowest BCUT2D eigenvalue weighted by Gasteiger charge is -2.25. The molecule has 1 aromatic carbocycles. The third-order valence-corrected chi connectivity index (χ3v) is 4.58. The van der Waals surface area contributed by atoms with Gasteiger partial charge in [-0.25, -0.2) is 4.39 Å². The van der Waals surface area contributed by atoms with Gasteiger partial charge in [-0.3, -0.25) is 14.9 Å². The van der Waals surface area contributed by atoms with Gasteiger partial charge in [0, 0.05) is 30.1 Å². The molecule has 1 aliphatic heterocycles. The molecule has 1 saturated heterocycles. The first kappa shape index (κ1) is 15.5. The summed E-state index contributed by atoms with van der Waals surface area (Å²) in [6.45, 7) is 0.648. The number of pyridine rings is 1. The van der Waals surface area contributed by atoms with Crippen LogP contribution in [0.1, 0.15) is 34.9 Å². The van der Waals surface area contributed by atoms with Crippen molar-refractivity contribution in [3.05, 3.63) is 72.1 Å². The number of rotatable bonds is 3. The van der Waals surface area contributed by atoms with E-state index in [1.165, 1.54) is 12.1 Å². The summed E-state index contributed by atoms with van der Waals surface area (Å²) >= 11 is 0. The van der Waals surface area contributed by atoms with Crippen LogP contribution in [0.25, 0.3) is 11.1 Å². The lowest BCUT2D eigenvalue weighted by molar-refractivity contribution is 0.0733. The molecule has 25 heavy (non-hydrogen) atoms. The average molecular weight is 336 g/mol. The van der Waals surface area contributed by atoms with E-state index in [9.17, 15) is 9.18 Å².